The zero-order valence-electron chi connectivity index (χ0n) is 12.6. The maximum Gasteiger partial charge on any atom is 0.123 e. The smallest absolute Gasteiger partial charge is 0.123 e. The van der Waals surface area contributed by atoms with Crippen LogP contribution in [0.15, 0.2) is 91.0 Å². The van der Waals surface area contributed by atoms with Crippen LogP contribution in [0.4, 0.5) is 0 Å². The molecule has 110 valence electrons. The van der Waals surface area contributed by atoms with Crippen LogP contribution < -0.4 is 0 Å². The second-order valence-electron chi connectivity index (χ2n) is 5.66. The molecule has 23 heavy (non-hydrogen) atoms. The van der Waals surface area contributed by atoms with Crippen molar-refractivity contribution in [3.05, 3.63) is 91.0 Å². The van der Waals surface area contributed by atoms with Gasteiger partial charge in [0.1, 0.15) is 5.75 Å². The number of phenolic OH excluding ortho intramolecular Hbond substituents is 1. The summed E-state index contributed by atoms with van der Waals surface area (Å²) >= 11 is 0. The zero-order chi connectivity index (χ0) is 15.6. The normalized spacial score (nSPS) is 10.8. The highest BCUT2D eigenvalue weighted by molar-refractivity contribution is 5.88. The molecule has 0 amide bonds. The molecule has 0 fully saturated rings. The van der Waals surface area contributed by atoms with E-state index in [-0.39, 0.29) is 0 Å². The van der Waals surface area contributed by atoms with Crippen molar-refractivity contribution in [2.24, 2.45) is 0 Å². The first-order valence-electron chi connectivity index (χ1n) is 7.69. The molecule has 4 rings (SSSR count). The van der Waals surface area contributed by atoms with Gasteiger partial charge in [-0.1, -0.05) is 72.8 Å². The lowest BCUT2D eigenvalue weighted by atomic mass is 9.96. The second-order valence-corrected chi connectivity index (χ2v) is 5.66. The Kier molecular flexibility index (Phi) is 3.32. The van der Waals surface area contributed by atoms with Crippen molar-refractivity contribution in [3.8, 4) is 28.0 Å². The molecule has 0 aliphatic heterocycles. The third-order valence-electron chi connectivity index (χ3n) is 4.16. The Morgan fingerprint density at radius 3 is 1.96 bits per heavy atom. The summed E-state index contributed by atoms with van der Waals surface area (Å²) in [5.74, 6) is 0.306. The van der Waals surface area contributed by atoms with E-state index in [1.807, 2.05) is 36.4 Å². The average Bonchev–Trinajstić information content (AvgIpc) is 2.62. The number of phenols is 1. The maximum absolute atomic E-state index is 10.2. The summed E-state index contributed by atoms with van der Waals surface area (Å²) in [7, 11) is 0. The summed E-state index contributed by atoms with van der Waals surface area (Å²) in [6, 6.07) is 30.6. The molecular formula is C22H16O. The number of rotatable bonds is 2. The fourth-order valence-corrected chi connectivity index (χ4v) is 2.93. The van der Waals surface area contributed by atoms with Crippen LogP contribution in [0.25, 0.3) is 33.0 Å². The van der Waals surface area contributed by atoms with Gasteiger partial charge in [-0.3, -0.25) is 0 Å². The molecule has 1 nitrogen and oxygen atoms in total. The van der Waals surface area contributed by atoms with E-state index in [9.17, 15) is 5.11 Å². The molecule has 1 heteroatoms. The molecule has 0 saturated carbocycles. The highest BCUT2D eigenvalue weighted by Crippen LogP contribution is 2.34. The summed E-state index contributed by atoms with van der Waals surface area (Å²) in [4.78, 5) is 0. The number of hydrogen-bond donors (Lipinski definition) is 1. The average molecular weight is 296 g/mol. The molecule has 0 spiro atoms. The van der Waals surface area contributed by atoms with Crippen LogP contribution >= 0.6 is 0 Å². The van der Waals surface area contributed by atoms with E-state index >= 15 is 0 Å². The van der Waals surface area contributed by atoms with Crippen molar-refractivity contribution >= 4 is 10.8 Å². The van der Waals surface area contributed by atoms with E-state index in [4.69, 9.17) is 0 Å². The van der Waals surface area contributed by atoms with Crippen LogP contribution in [0.2, 0.25) is 0 Å². The number of hydrogen-bond acceptors (Lipinski definition) is 1. The van der Waals surface area contributed by atoms with Gasteiger partial charge >= 0.3 is 0 Å². The Morgan fingerprint density at radius 2 is 1.13 bits per heavy atom. The molecule has 4 aromatic carbocycles. The van der Waals surface area contributed by atoms with Gasteiger partial charge in [0, 0.05) is 5.56 Å². The van der Waals surface area contributed by atoms with E-state index in [0.717, 1.165) is 22.3 Å². The van der Waals surface area contributed by atoms with Gasteiger partial charge in [-0.25, -0.2) is 0 Å². The number of benzene rings is 4. The quantitative estimate of drug-likeness (QED) is 0.490. The summed E-state index contributed by atoms with van der Waals surface area (Å²) < 4.78 is 0. The van der Waals surface area contributed by atoms with Crippen molar-refractivity contribution in [2.75, 3.05) is 0 Å². The minimum absolute atomic E-state index is 0.306. The molecular weight excluding hydrogens is 280 g/mol. The largest absolute Gasteiger partial charge is 0.507 e. The van der Waals surface area contributed by atoms with Gasteiger partial charge in [0.25, 0.3) is 0 Å². The standard InChI is InChI=1S/C22H16O/c23-22-13-12-20(15-21(22)17-7-2-1-3-8-17)19-11-10-16-6-4-5-9-18(16)14-19/h1-15,23H. The van der Waals surface area contributed by atoms with Gasteiger partial charge in [-0.2, -0.15) is 0 Å². The minimum Gasteiger partial charge on any atom is -0.507 e. The molecule has 1 N–H and O–H groups in total. The Hall–Kier alpha value is -3.06. The van der Waals surface area contributed by atoms with Crippen LogP contribution in [0.1, 0.15) is 0 Å². The first kappa shape index (κ1) is 13.6. The lowest BCUT2D eigenvalue weighted by molar-refractivity contribution is 0.477. The fourth-order valence-electron chi connectivity index (χ4n) is 2.93. The molecule has 4 aromatic rings. The van der Waals surface area contributed by atoms with Crippen LogP contribution in [0.3, 0.4) is 0 Å². The molecule has 0 heterocycles. The summed E-state index contributed by atoms with van der Waals surface area (Å²) in [5, 5.41) is 12.7. The Labute approximate surface area is 135 Å². The van der Waals surface area contributed by atoms with Crippen molar-refractivity contribution < 1.29 is 5.11 Å². The van der Waals surface area contributed by atoms with Crippen LogP contribution in [0.5, 0.6) is 5.75 Å². The third kappa shape index (κ3) is 2.58. The van der Waals surface area contributed by atoms with Gasteiger partial charge in [0.15, 0.2) is 0 Å². The first-order chi connectivity index (χ1) is 11.3. The lowest BCUT2D eigenvalue weighted by Crippen LogP contribution is -1.83. The Balaban J connectivity index is 1.85. The molecule has 0 saturated heterocycles. The molecule has 0 unspecified atom stereocenters. The predicted octanol–water partition coefficient (Wildman–Crippen LogP) is 5.88. The third-order valence-corrected chi connectivity index (χ3v) is 4.16. The van der Waals surface area contributed by atoms with Gasteiger partial charge in [-0.15, -0.1) is 0 Å². The Morgan fingerprint density at radius 1 is 0.478 bits per heavy atom. The fraction of sp³-hybridized carbons (Fsp3) is 0. The van der Waals surface area contributed by atoms with Gasteiger partial charge in [0.2, 0.25) is 0 Å². The topological polar surface area (TPSA) is 20.2 Å². The SMILES string of the molecule is Oc1ccc(-c2ccc3ccccc3c2)cc1-c1ccccc1. The van der Waals surface area contributed by atoms with Crippen molar-refractivity contribution in [2.45, 2.75) is 0 Å². The van der Waals surface area contributed by atoms with Crippen molar-refractivity contribution in [1.29, 1.82) is 0 Å². The number of fused-ring (bicyclic) bond motifs is 1. The first-order valence-corrected chi connectivity index (χ1v) is 7.69. The van der Waals surface area contributed by atoms with Crippen molar-refractivity contribution in [1.82, 2.24) is 0 Å². The molecule has 0 bridgehead atoms. The van der Waals surface area contributed by atoms with E-state index in [2.05, 4.69) is 48.5 Å². The number of aromatic hydroxyl groups is 1. The molecule has 0 aromatic heterocycles. The van der Waals surface area contributed by atoms with Crippen LogP contribution in [0, 0.1) is 0 Å². The van der Waals surface area contributed by atoms with E-state index in [1.165, 1.54) is 10.8 Å². The van der Waals surface area contributed by atoms with Crippen LogP contribution in [-0.4, -0.2) is 5.11 Å². The summed E-state index contributed by atoms with van der Waals surface area (Å²) in [6.45, 7) is 0. The van der Waals surface area contributed by atoms with Crippen LogP contribution in [-0.2, 0) is 0 Å². The zero-order valence-corrected chi connectivity index (χ0v) is 12.6. The van der Waals surface area contributed by atoms with E-state index < -0.39 is 0 Å². The maximum atomic E-state index is 10.2. The van der Waals surface area contributed by atoms with E-state index in [0.29, 0.717) is 5.75 Å². The Bertz CT molecular complexity index is 971. The van der Waals surface area contributed by atoms with Gasteiger partial charge in [0.05, 0.1) is 0 Å². The highest BCUT2D eigenvalue weighted by atomic mass is 16.3. The summed E-state index contributed by atoms with van der Waals surface area (Å²) in [5.41, 5.74) is 4.14. The second kappa shape index (κ2) is 5.62. The van der Waals surface area contributed by atoms with Gasteiger partial charge in [-0.05, 0) is 45.7 Å². The van der Waals surface area contributed by atoms with Crippen molar-refractivity contribution in [3.63, 3.8) is 0 Å². The minimum atomic E-state index is 0.306. The monoisotopic (exact) mass is 296 g/mol. The molecule has 0 aliphatic rings. The molecule has 0 atom stereocenters. The molecule has 0 aliphatic carbocycles. The van der Waals surface area contributed by atoms with E-state index in [1.54, 1.807) is 6.07 Å². The predicted molar refractivity (Wildman–Crippen MR) is 96.5 cm³/mol. The van der Waals surface area contributed by atoms with Gasteiger partial charge < -0.3 is 5.11 Å². The summed E-state index contributed by atoms with van der Waals surface area (Å²) in [6.07, 6.45) is 0. The lowest BCUT2D eigenvalue weighted by Gasteiger charge is -2.09. The molecule has 0 radical (unpaired) electrons. The highest BCUT2D eigenvalue weighted by Gasteiger charge is 2.07.